The number of carbonyl (C=O) groups is 2. The molecule has 3 heteroatoms. The maximum absolute atomic E-state index is 13.2. The van der Waals surface area contributed by atoms with Gasteiger partial charge in [-0.2, -0.15) is 0 Å². The molecule has 4 aliphatic rings. The standard InChI is InChI=1S/C21H28O3/c1-12(22)16-6-7-17-15-5-4-13-10-14(23)8-9-20(13,2)18(15)11-19(24)21(16,17)3/h4-5,10,12,15-18,22H,6-9,11H2,1-3H3/t12?,15-,16+,17+,18-,20+,21-/m1/s1. The molecule has 130 valence electrons. The first-order chi connectivity index (χ1) is 11.3. The number of ketones is 2. The maximum atomic E-state index is 13.2. The van der Waals surface area contributed by atoms with Gasteiger partial charge >= 0.3 is 0 Å². The van der Waals surface area contributed by atoms with Gasteiger partial charge < -0.3 is 5.11 Å². The van der Waals surface area contributed by atoms with Gasteiger partial charge in [0.1, 0.15) is 5.78 Å². The van der Waals surface area contributed by atoms with Crippen molar-refractivity contribution in [3.05, 3.63) is 23.8 Å². The minimum absolute atomic E-state index is 0.0484. The van der Waals surface area contributed by atoms with Crippen molar-refractivity contribution in [1.82, 2.24) is 0 Å². The molecule has 1 unspecified atom stereocenters. The van der Waals surface area contributed by atoms with Gasteiger partial charge in [-0.3, -0.25) is 9.59 Å². The summed E-state index contributed by atoms with van der Waals surface area (Å²) in [5.74, 6) is 1.67. The van der Waals surface area contributed by atoms with E-state index in [4.69, 9.17) is 0 Å². The average molecular weight is 328 g/mol. The third kappa shape index (κ3) is 1.94. The predicted molar refractivity (Wildman–Crippen MR) is 92.2 cm³/mol. The molecule has 0 aliphatic heterocycles. The fourth-order valence-corrected chi connectivity index (χ4v) is 6.53. The van der Waals surface area contributed by atoms with E-state index in [-0.39, 0.29) is 22.5 Å². The van der Waals surface area contributed by atoms with Gasteiger partial charge in [-0.05, 0) is 66.9 Å². The Hall–Kier alpha value is -1.22. The average Bonchev–Trinajstić information content (AvgIpc) is 2.88. The number of fused-ring (bicyclic) bond motifs is 5. The van der Waals surface area contributed by atoms with Crippen LogP contribution in [0.4, 0.5) is 0 Å². The quantitative estimate of drug-likeness (QED) is 0.802. The van der Waals surface area contributed by atoms with E-state index >= 15 is 0 Å². The van der Waals surface area contributed by atoms with Crippen molar-refractivity contribution in [3.63, 3.8) is 0 Å². The van der Waals surface area contributed by atoms with Gasteiger partial charge in [-0.1, -0.05) is 26.0 Å². The number of hydrogen-bond acceptors (Lipinski definition) is 3. The van der Waals surface area contributed by atoms with Gasteiger partial charge in [0, 0.05) is 18.3 Å². The Bertz CT molecular complexity index is 658. The number of aliphatic hydroxyl groups excluding tert-OH is 1. The molecule has 4 rings (SSSR count). The number of carbonyl (C=O) groups excluding carboxylic acids is 2. The highest BCUT2D eigenvalue weighted by atomic mass is 16.3. The Morgan fingerprint density at radius 1 is 1.21 bits per heavy atom. The molecule has 2 saturated carbocycles. The second-order valence-corrected chi connectivity index (χ2v) is 8.97. The molecule has 0 spiro atoms. The summed E-state index contributed by atoms with van der Waals surface area (Å²) in [4.78, 5) is 25.1. The van der Waals surface area contributed by atoms with E-state index in [2.05, 4.69) is 26.0 Å². The Balaban J connectivity index is 1.77. The molecule has 4 aliphatic carbocycles. The molecule has 0 radical (unpaired) electrons. The topological polar surface area (TPSA) is 54.4 Å². The molecule has 0 aromatic rings. The zero-order chi connectivity index (χ0) is 17.3. The summed E-state index contributed by atoms with van der Waals surface area (Å²) in [5.41, 5.74) is 0.691. The van der Waals surface area contributed by atoms with Gasteiger partial charge in [0.25, 0.3) is 0 Å². The summed E-state index contributed by atoms with van der Waals surface area (Å²) in [5, 5.41) is 10.2. The highest BCUT2D eigenvalue weighted by molar-refractivity contribution is 5.92. The van der Waals surface area contributed by atoms with Crippen LogP contribution in [0.5, 0.6) is 0 Å². The largest absolute Gasteiger partial charge is 0.393 e. The molecule has 7 atom stereocenters. The summed E-state index contributed by atoms with van der Waals surface area (Å²) in [7, 11) is 0. The molecule has 3 nitrogen and oxygen atoms in total. The Labute approximate surface area is 144 Å². The van der Waals surface area contributed by atoms with Crippen LogP contribution in [0.15, 0.2) is 23.8 Å². The molecule has 1 N–H and O–H groups in total. The Morgan fingerprint density at radius 2 is 1.96 bits per heavy atom. The first-order valence-corrected chi connectivity index (χ1v) is 9.43. The van der Waals surface area contributed by atoms with E-state index in [0.29, 0.717) is 36.4 Å². The summed E-state index contributed by atoms with van der Waals surface area (Å²) in [6.07, 6.45) is 9.84. The van der Waals surface area contributed by atoms with Crippen LogP contribution >= 0.6 is 0 Å². The van der Waals surface area contributed by atoms with Crippen LogP contribution in [-0.4, -0.2) is 22.8 Å². The van der Waals surface area contributed by atoms with Crippen molar-refractivity contribution in [2.24, 2.45) is 34.5 Å². The van der Waals surface area contributed by atoms with Crippen LogP contribution in [0.1, 0.15) is 52.9 Å². The van der Waals surface area contributed by atoms with Gasteiger partial charge in [-0.25, -0.2) is 0 Å². The SMILES string of the molecule is CC(O)[C@@H]1CC[C@H]2[C@H]3C=CC4=CC(=O)CC[C@]4(C)[C@@H]3CC(=O)[C@]12C. The van der Waals surface area contributed by atoms with Gasteiger partial charge in [0.05, 0.1) is 6.10 Å². The summed E-state index contributed by atoms with van der Waals surface area (Å²) in [6.45, 7) is 6.19. The van der Waals surface area contributed by atoms with Crippen molar-refractivity contribution < 1.29 is 14.7 Å². The number of Topliss-reactive ketones (excluding diaryl/α,β-unsaturated/α-hetero) is 1. The molecular weight excluding hydrogens is 300 g/mol. The van der Waals surface area contributed by atoms with Gasteiger partial charge in [0.2, 0.25) is 0 Å². The van der Waals surface area contributed by atoms with E-state index in [0.717, 1.165) is 24.8 Å². The lowest BCUT2D eigenvalue weighted by atomic mass is 9.48. The first-order valence-electron chi connectivity index (χ1n) is 9.43. The van der Waals surface area contributed by atoms with Crippen molar-refractivity contribution in [3.8, 4) is 0 Å². The van der Waals surface area contributed by atoms with Crippen LogP contribution < -0.4 is 0 Å². The van der Waals surface area contributed by atoms with Crippen LogP contribution in [0.3, 0.4) is 0 Å². The minimum Gasteiger partial charge on any atom is -0.393 e. The normalized spacial score (nSPS) is 48.4. The lowest BCUT2D eigenvalue weighted by Crippen LogP contribution is -2.54. The second-order valence-electron chi connectivity index (χ2n) is 8.97. The van der Waals surface area contributed by atoms with Crippen molar-refractivity contribution in [2.75, 3.05) is 0 Å². The van der Waals surface area contributed by atoms with Crippen LogP contribution in [0.25, 0.3) is 0 Å². The van der Waals surface area contributed by atoms with Crippen LogP contribution in [0.2, 0.25) is 0 Å². The molecule has 0 bridgehead atoms. The molecule has 2 fully saturated rings. The van der Waals surface area contributed by atoms with E-state index in [1.807, 2.05) is 13.0 Å². The lowest BCUT2D eigenvalue weighted by molar-refractivity contribution is -0.146. The second kappa shape index (κ2) is 5.14. The number of hydrogen-bond donors (Lipinski definition) is 1. The Kier molecular flexibility index (Phi) is 3.48. The summed E-state index contributed by atoms with van der Waals surface area (Å²) >= 11 is 0. The molecular formula is C21H28O3. The lowest BCUT2D eigenvalue weighted by Gasteiger charge is -2.55. The third-order valence-electron chi connectivity index (χ3n) is 8.03. The third-order valence-corrected chi connectivity index (χ3v) is 8.03. The van der Waals surface area contributed by atoms with Crippen molar-refractivity contribution in [2.45, 2.75) is 59.0 Å². The fraction of sp³-hybridized carbons (Fsp3) is 0.714. The zero-order valence-electron chi connectivity index (χ0n) is 14.9. The first kappa shape index (κ1) is 16.3. The van der Waals surface area contributed by atoms with Crippen molar-refractivity contribution >= 4 is 11.6 Å². The van der Waals surface area contributed by atoms with E-state index < -0.39 is 6.10 Å². The monoisotopic (exact) mass is 328 g/mol. The number of rotatable bonds is 1. The van der Waals surface area contributed by atoms with E-state index in [1.54, 1.807) is 0 Å². The fourth-order valence-electron chi connectivity index (χ4n) is 6.53. The van der Waals surface area contributed by atoms with Crippen molar-refractivity contribution in [1.29, 1.82) is 0 Å². The minimum atomic E-state index is -0.425. The summed E-state index contributed by atoms with van der Waals surface area (Å²) < 4.78 is 0. The highest BCUT2D eigenvalue weighted by Crippen LogP contribution is 2.64. The van der Waals surface area contributed by atoms with Gasteiger partial charge in [-0.15, -0.1) is 0 Å². The van der Waals surface area contributed by atoms with Gasteiger partial charge in [0.15, 0.2) is 5.78 Å². The van der Waals surface area contributed by atoms with E-state index in [1.165, 1.54) is 0 Å². The van der Waals surface area contributed by atoms with Crippen LogP contribution in [-0.2, 0) is 9.59 Å². The molecule has 0 heterocycles. The molecule has 0 amide bonds. The number of allylic oxidation sites excluding steroid dienone is 4. The maximum Gasteiger partial charge on any atom is 0.156 e. The summed E-state index contributed by atoms with van der Waals surface area (Å²) in [6, 6.07) is 0. The molecule has 0 saturated heterocycles. The smallest absolute Gasteiger partial charge is 0.156 e. The molecule has 0 aromatic carbocycles. The predicted octanol–water partition coefficient (Wildman–Crippen LogP) is 3.47. The van der Waals surface area contributed by atoms with Crippen LogP contribution in [0, 0.1) is 34.5 Å². The zero-order valence-corrected chi connectivity index (χ0v) is 14.9. The molecule has 0 aromatic heterocycles. The number of aliphatic hydroxyl groups is 1. The highest BCUT2D eigenvalue weighted by Gasteiger charge is 2.62. The molecule has 24 heavy (non-hydrogen) atoms. The Morgan fingerprint density at radius 3 is 2.67 bits per heavy atom. The van der Waals surface area contributed by atoms with E-state index in [9.17, 15) is 14.7 Å².